The van der Waals surface area contributed by atoms with Crippen molar-refractivity contribution in [1.82, 2.24) is 9.80 Å². The van der Waals surface area contributed by atoms with Gasteiger partial charge in [0.2, 0.25) is 5.91 Å². The molecule has 1 aliphatic heterocycles. The van der Waals surface area contributed by atoms with E-state index in [1.165, 1.54) is 22.3 Å². The maximum absolute atomic E-state index is 12.7. The molecule has 146 valence electrons. The van der Waals surface area contributed by atoms with Crippen molar-refractivity contribution in [1.29, 1.82) is 5.41 Å². The van der Waals surface area contributed by atoms with Gasteiger partial charge in [-0.25, -0.2) is 0 Å². The SMILES string of the molecule is CC(C)N1C[C@H](C2c3ccccc3CCc3ccccc32)N(C(=N)N)CC1=O. The number of carbonyl (C=O) groups is 1. The molecule has 3 N–H and O–H groups in total. The van der Waals surface area contributed by atoms with Gasteiger partial charge in [0.25, 0.3) is 0 Å². The van der Waals surface area contributed by atoms with Gasteiger partial charge < -0.3 is 15.5 Å². The fourth-order valence-electron chi connectivity index (χ4n) is 4.79. The number of nitrogens with zero attached hydrogens (tertiary/aromatic N) is 2. The van der Waals surface area contributed by atoms with Crippen LogP contribution < -0.4 is 5.73 Å². The number of amides is 1. The molecule has 1 heterocycles. The van der Waals surface area contributed by atoms with Gasteiger partial charge in [-0.15, -0.1) is 0 Å². The van der Waals surface area contributed by atoms with Crippen LogP contribution in [0.1, 0.15) is 42.0 Å². The van der Waals surface area contributed by atoms with Crippen LogP contribution in [-0.4, -0.2) is 46.8 Å². The van der Waals surface area contributed by atoms with E-state index < -0.39 is 0 Å². The monoisotopic (exact) mass is 376 g/mol. The van der Waals surface area contributed by atoms with Gasteiger partial charge in [0.1, 0.15) is 6.54 Å². The Kier molecular flexibility index (Phi) is 4.84. The molecule has 2 aliphatic rings. The number of guanidine groups is 1. The zero-order chi connectivity index (χ0) is 19.8. The van der Waals surface area contributed by atoms with Crippen molar-refractivity contribution < 1.29 is 4.79 Å². The molecular formula is C23H28N4O. The normalized spacial score (nSPS) is 20.0. The summed E-state index contributed by atoms with van der Waals surface area (Å²) in [5.74, 6) is 0.0887. The van der Waals surface area contributed by atoms with Crippen molar-refractivity contribution in [2.45, 2.75) is 44.7 Å². The van der Waals surface area contributed by atoms with Gasteiger partial charge in [-0.05, 0) is 48.9 Å². The molecule has 5 nitrogen and oxygen atoms in total. The topological polar surface area (TPSA) is 73.4 Å². The van der Waals surface area contributed by atoms with E-state index in [9.17, 15) is 4.79 Å². The van der Waals surface area contributed by atoms with Crippen LogP contribution in [0.5, 0.6) is 0 Å². The van der Waals surface area contributed by atoms with Crippen LogP contribution in [0.2, 0.25) is 0 Å². The minimum Gasteiger partial charge on any atom is -0.370 e. The lowest BCUT2D eigenvalue weighted by molar-refractivity contribution is -0.138. The Morgan fingerprint density at radius 3 is 2.07 bits per heavy atom. The first-order chi connectivity index (χ1) is 13.5. The number of rotatable bonds is 2. The molecule has 0 spiro atoms. The van der Waals surface area contributed by atoms with Gasteiger partial charge in [-0.1, -0.05) is 48.5 Å². The third kappa shape index (κ3) is 3.15. The molecule has 1 amide bonds. The fraction of sp³-hybridized carbons (Fsp3) is 0.391. The van der Waals surface area contributed by atoms with Crippen molar-refractivity contribution in [2.24, 2.45) is 5.73 Å². The maximum Gasteiger partial charge on any atom is 0.242 e. The number of nitrogens with one attached hydrogen (secondary N) is 1. The highest BCUT2D eigenvalue weighted by molar-refractivity contribution is 5.86. The highest BCUT2D eigenvalue weighted by Crippen LogP contribution is 2.39. The summed E-state index contributed by atoms with van der Waals surface area (Å²) in [6, 6.07) is 17.3. The average molecular weight is 377 g/mol. The van der Waals surface area contributed by atoms with E-state index in [1.54, 1.807) is 4.90 Å². The summed E-state index contributed by atoms with van der Waals surface area (Å²) in [5.41, 5.74) is 11.2. The van der Waals surface area contributed by atoms with Crippen molar-refractivity contribution in [2.75, 3.05) is 13.1 Å². The first-order valence-electron chi connectivity index (χ1n) is 10.0. The van der Waals surface area contributed by atoms with E-state index >= 15 is 0 Å². The Labute approximate surface area is 166 Å². The molecule has 0 unspecified atom stereocenters. The molecule has 1 aliphatic carbocycles. The molecule has 1 fully saturated rings. The Morgan fingerprint density at radius 2 is 1.57 bits per heavy atom. The van der Waals surface area contributed by atoms with Crippen LogP contribution in [0.3, 0.4) is 0 Å². The summed E-state index contributed by atoms with van der Waals surface area (Å²) in [4.78, 5) is 16.4. The zero-order valence-corrected chi connectivity index (χ0v) is 16.6. The smallest absolute Gasteiger partial charge is 0.242 e. The summed E-state index contributed by atoms with van der Waals surface area (Å²) < 4.78 is 0. The molecule has 0 aromatic heterocycles. The van der Waals surface area contributed by atoms with Gasteiger partial charge in [0, 0.05) is 18.5 Å². The molecule has 0 bridgehead atoms. The minimum atomic E-state index is -0.0574. The van der Waals surface area contributed by atoms with Crippen LogP contribution in [0.4, 0.5) is 0 Å². The number of piperazine rings is 1. The molecular weight excluding hydrogens is 348 g/mol. The quantitative estimate of drug-likeness (QED) is 0.625. The van der Waals surface area contributed by atoms with Crippen molar-refractivity contribution in [3.05, 3.63) is 70.8 Å². The number of benzene rings is 2. The summed E-state index contributed by atoms with van der Waals surface area (Å²) in [5, 5.41) is 8.16. The number of nitrogens with two attached hydrogens (primary N) is 1. The van der Waals surface area contributed by atoms with Crippen LogP contribution in [0.25, 0.3) is 0 Å². The van der Waals surface area contributed by atoms with E-state index in [1.807, 2.05) is 18.7 Å². The predicted molar refractivity (Wildman–Crippen MR) is 111 cm³/mol. The largest absolute Gasteiger partial charge is 0.370 e. The summed E-state index contributed by atoms with van der Waals surface area (Å²) in [6.45, 7) is 4.84. The molecule has 28 heavy (non-hydrogen) atoms. The lowest BCUT2D eigenvalue weighted by Gasteiger charge is -2.46. The summed E-state index contributed by atoms with van der Waals surface area (Å²) in [6.07, 6.45) is 2.01. The lowest BCUT2D eigenvalue weighted by atomic mass is 9.80. The van der Waals surface area contributed by atoms with E-state index in [2.05, 4.69) is 48.5 Å². The molecule has 0 saturated carbocycles. The number of aryl methyl sites for hydroxylation is 2. The van der Waals surface area contributed by atoms with E-state index in [0.717, 1.165) is 12.8 Å². The van der Waals surface area contributed by atoms with E-state index in [4.69, 9.17) is 11.1 Å². The molecule has 2 aromatic rings. The maximum atomic E-state index is 12.7. The molecule has 2 aromatic carbocycles. The highest BCUT2D eigenvalue weighted by Gasteiger charge is 2.41. The first kappa shape index (κ1) is 18.5. The van der Waals surface area contributed by atoms with Crippen molar-refractivity contribution >= 4 is 11.9 Å². The molecule has 1 saturated heterocycles. The van der Waals surface area contributed by atoms with Gasteiger partial charge in [0.15, 0.2) is 5.96 Å². The number of carbonyl (C=O) groups excluding carboxylic acids is 1. The fourth-order valence-corrected chi connectivity index (χ4v) is 4.79. The average Bonchev–Trinajstić information content (AvgIpc) is 2.84. The Bertz CT molecular complexity index is 859. The van der Waals surface area contributed by atoms with Gasteiger partial charge in [0.05, 0.1) is 6.04 Å². The predicted octanol–water partition coefficient (Wildman–Crippen LogP) is 2.73. The van der Waals surface area contributed by atoms with Crippen LogP contribution in [-0.2, 0) is 17.6 Å². The molecule has 1 atom stereocenters. The summed E-state index contributed by atoms with van der Waals surface area (Å²) in [7, 11) is 0. The van der Waals surface area contributed by atoms with E-state index in [0.29, 0.717) is 6.54 Å². The molecule has 5 heteroatoms. The van der Waals surface area contributed by atoms with Crippen molar-refractivity contribution in [3.8, 4) is 0 Å². The minimum absolute atomic E-state index is 0.0269. The van der Waals surface area contributed by atoms with Gasteiger partial charge in [-0.3, -0.25) is 10.2 Å². The van der Waals surface area contributed by atoms with Crippen LogP contribution in [0, 0.1) is 5.41 Å². The van der Waals surface area contributed by atoms with Crippen LogP contribution in [0.15, 0.2) is 48.5 Å². The van der Waals surface area contributed by atoms with Crippen LogP contribution >= 0.6 is 0 Å². The third-order valence-electron chi connectivity index (χ3n) is 6.17. The summed E-state index contributed by atoms with van der Waals surface area (Å²) >= 11 is 0. The lowest BCUT2D eigenvalue weighted by Crippen LogP contribution is -2.62. The van der Waals surface area contributed by atoms with E-state index in [-0.39, 0.29) is 36.4 Å². The second-order valence-electron chi connectivity index (χ2n) is 8.10. The third-order valence-corrected chi connectivity index (χ3v) is 6.17. The number of hydrogen-bond donors (Lipinski definition) is 2. The second-order valence-corrected chi connectivity index (χ2v) is 8.10. The number of fused-ring (bicyclic) bond motifs is 2. The Hall–Kier alpha value is -2.82. The first-order valence-corrected chi connectivity index (χ1v) is 10.0. The van der Waals surface area contributed by atoms with Gasteiger partial charge in [-0.2, -0.15) is 0 Å². The van der Waals surface area contributed by atoms with Crippen molar-refractivity contribution in [3.63, 3.8) is 0 Å². The molecule has 0 radical (unpaired) electrons. The Morgan fingerprint density at radius 1 is 1.04 bits per heavy atom. The Balaban J connectivity index is 1.87. The zero-order valence-electron chi connectivity index (χ0n) is 16.6. The number of hydrogen-bond acceptors (Lipinski definition) is 2. The highest BCUT2D eigenvalue weighted by atomic mass is 16.2. The standard InChI is InChI=1S/C23H28N4O/c1-15(2)26-13-20(27(23(24)25)14-21(26)28)22-18-9-5-3-7-16(18)11-12-17-8-4-6-10-19(17)22/h3-10,15,20,22H,11-14H2,1-2H3,(H3,24,25)/t20-/m1/s1. The van der Waals surface area contributed by atoms with Gasteiger partial charge >= 0.3 is 0 Å². The molecule has 4 rings (SSSR count). The second kappa shape index (κ2) is 7.30.